The average Bonchev–Trinajstić information content (AvgIpc) is 3.04. The van der Waals surface area contributed by atoms with E-state index in [1.54, 1.807) is 0 Å². The predicted molar refractivity (Wildman–Crippen MR) is 69.9 cm³/mol. The van der Waals surface area contributed by atoms with Crippen LogP contribution >= 0.6 is 0 Å². The van der Waals surface area contributed by atoms with Crippen molar-refractivity contribution < 1.29 is 8.83 Å². The molecule has 0 bridgehead atoms. The molecule has 4 N–H and O–H groups in total. The largest absolute Gasteiger partial charge is 0.464 e. The van der Waals surface area contributed by atoms with Gasteiger partial charge in [0.25, 0.3) is 0 Å². The highest BCUT2D eigenvalue weighted by molar-refractivity contribution is 5.22. The highest BCUT2D eigenvalue weighted by Crippen LogP contribution is 2.31. The maximum atomic E-state index is 5.73. The minimum absolute atomic E-state index is 0.149. The Morgan fingerprint density at radius 2 is 1.44 bits per heavy atom. The SMILES string of the molecule is CCCC(c1ccc(CN)o1)c1ccc(CN)o1. The van der Waals surface area contributed by atoms with Gasteiger partial charge in [0.15, 0.2) is 0 Å². The number of hydrogen-bond donors (Lipinski definition) is 2. The molecule has 2 heterocycles. The summed E-state index contributed by atoms with van der Waals surface area (Å²) in [5.41, 5.74) is 11.1. The Morgan fingerprint density at radius 3 is 1.78 bits per heavy atom. The molecule has 0 unspecified atom stereocenters. The zero-order chi connectivity index (χ0) is 13.0. The summed E-state index contributed by atoms with van der Waals surface area (Å²) >= 11 is 0. The smallest absolute Gasteiger partial charge is 0.117 e. The zero-order valence-electron chi connectivity index (χ0n) is 10.7. The summed E-state index contributed by atoms with van der Waals surface area (Å²) in [5, 5.41) is 0. The second-order valence-corrected chi connectivity index (χ2v) is 4.36. The Balaban J connectivity index is 2.26. The standard InChI is InChI=1S/C14H20N2O2/c1-2-3-12(13-6-4-10(8-15)17-13)14-7-5-11(9-16)18-14/h4-7,12H,2-3,8-9,15-16H2,1H3. The highest BCUT2D eigenvalue weighted by Gasteiger charge is 2.20. The molecule has 98 valence electrons. The van der Waals surface area contributed by atoms with E-state index in [4.69, 9.17) is 20.3 Å². The van der Waals surface area contributed by atoms with Crippen LogP contribution < -0.4 is 11.5 Å². The van der Waals surface area contributed by atoms with E-state index in [-0.39, 0.29) is 5.92 Å². The molecule has 4 nitrogen and oxygen atoms in total. The van der Waals surface area contributed by atoms with Gasteiger partial charge in [-0.05, 0) is 30.7 Å². The molecule has 0 atom stereocenters. The summed E-state index contributed by atoms with van der Waals surface area (Å²) in [7, 11) is 0. The Bertz CT molecular complexity index is 445. The molecule has 0 amide bonds. The number of hydrogen-bond acceptors (Lipinski definition) is 4. The van der Waals surface area contributed by atoms with Crippen molar-refractivity contribution in [2.45, 2.75) is 38.8 Å². The monoisotopic (exact) mass is 248 g/mol. The normalized spacial score (nSPS) is 11.3. The minimum Gasteiger partial charge on any atom is -0.464 e. The molecule has 2 rings (SSSR count). The Morgan fingerprint density at radius 1 is 0.944 bits per heavy atom. The molecule has 0 fully saturated rings. The van der Waals surface area contributed by atoms with Gasteiger partial charge in [-0.25, -0.2) is 0 Å². The van der Waals surface area contributed by atoms with Crippen LogP contribution in [0, 0.1) is 0 Å². The van der Waals surface area contributed by atoms with Crippen LogP contribution in [0.4, 0.5) is 0 Å². The molecule has 0 aliphatic carbocycles. The Kier molecular flexibility index (Phi) is 4.23. The van der Waals surface area contributed by atoms with Gasteiger partial charge in [0.1, 0.15) is 23.0 Å². The van der Waals surface area contributed by atoms with Crippen LogP contribution in [0.2, 0.25) is 0 Å². The van der Waals surface area contributed by atoms with Crippen LogP contribution in [-0.2, 0) is 13.1 Å². The van der Waals surface area contributed by atoms with E-state index < -0.39 is 0 Å². The van der Waals surface area contributed by atoms with E-state index in [1.165, 1.54) is 0 Å². The highest BCUT2D eigenvalue weighted by atomic mass is 16.4. The first-order valence-corrected chi connectivity index (χ1v) is 6.35. The Hall–Kier alpha value is -1.52. The summed E-state index contributed by atoms with van der Waals surface area (Å²) < 4.78 is 11.5. The van der Waals surface area contributed by atoms with Crippen LogP contribution in [-0.4, -0.2) is 0 Å². The number of nitrogens with two attached hydrogens (primary N) is 2. The molecule has 0 aromatic carbocycles. The van der Waals surface area contributed by atoms with Crippen LogP contribution in [0.3, 0.4) is 0 Å². The molecular formula is C14H20N2O2. The van der Waals surface area contributed by atoms with Gasteiger partial charge in [-0.15, -0.1) is 0 Å². The van der Waals surface area contributed by atoms with Gasteiger partial charge in [-0.3, -0.25) is 0 Å². The molecule has 18 heavy (non-hydrogen) atoms. The third-order valence-corrected chi connectivity index (χ3v) is 3.03. The lowest BCUT2D eigenvalue weighted by Gasteiger charge is -2.10. The van der Waals surface area contributed by atoms with Crippen molar-refractivity contribution in [1.82, 2.24) is 0 Å². The lowest BCUT2D eigenvalue weighted by molar-refractivity contribution is 0.386. The molecule has 0 aliphatic heterocycles. The molecule has 4 heteroatoms. The van der Waals surface area contributed by atoms with E-state index >= 15 is 0 Å². The first kappa shape index (κ1) is 12.9. The average molecular weight is 248 g/mol. The van der Waals surface area contributed by atoms with Crippen molar-refractivity contribution in [1.29, 1.82) is 0 Å². The van der Waals surface area contributed by atoms with Crippen molar-refractivity contribution in [2.75, 3.05) is 0 Å². The molecule has 0 radical (unpaired) electrons. The topological polar surface area (TPSA) is 78.3 Å². The maximum absolute atomic E-state index is 5.73. The molecule has 0 saturated carbocycles. The lowest BCUT2D eigenvalue weighted by Crippen LogP contribution is -1.99. The quantitative estimate of drug-likeness (QED) is 0.823. The minimum atomic E-state index is 0.149. The van der Waals surface area contributed by atoms with E-state index in [1.807, 2.05) is 24.3 Å². The Labute approximate surface area is 107 Å². The van der Waals surface area contributed by atoms with Gasteiger partial charge in [0.05, 0.1) is 19.0 Å². The number of rotatable bonds is 6. The van der Waals surface area contributed by atoms with Crippen LogP contribution in [0.25, 0.3) is 0 Å². The summed E-state index contributed by atoms with van der Waals surface area (Å²) in [6.45, 7) is 2.99. The molecule has 0 saturated heterocycles. The van der Waals surface area contributed by atoms with Crippen molar-refractivity contribution in [3.05, 3.63) is 47.3 Å². The predicted octanol–water partition coefficient (Wildman–Crippen LogP) is 2.72. The van der Waals surface area contributed by atoms with Gasteiger partial charge in [0.2, 0.25) is 0 Å². The van der Waals surface area contributed by atoms with E-state index in [0.29, 0.717) is 13.1 Å². The summed E-state index contributed by atoms with van der Waals surface area (Å²) in [5.74, 6) is 3.58. The fourth-order valence-electron chi connectivity index (χ4n) is 2.10. The van der Waals surface area contributed by atoms with Crippen molar-refractivity contribution in [3.63, 3.8) is 0 Å². The van der Waals surface area contributed by atoms with E-state index in [9.17, 15) is 0 Å². The second kappa shape index (κ2) is 5.89. The first-order chi connectivity index (χ1) is 8.78. The van der Waals surface area contributed by atoms with Gasteiger partial charge in [-0.2, -0.15) is 0 Å². The van der Waals surface area contributed by atoms with Gasteiger partial charge < -0.3 is 20.3 Å². The van der Waals surface area contributed by atoms with Gasteiger partial charge >= 0.3 is 0 Å². The fourth-order valence-corrected chi connectivity index (χ4v) is 2.10. The number of furan rings is 2. The van der Waals surface area contributed by atoms with E-state index in [0.717, 1.165) is 35.9 Å². The van der Waals surface area contributed by atoms with Crippen molar-refractivity contribution in [3.8, 4) is 0 Å². The molecule has 2 aromatic rings. The second-order valence-electron chi connectivity index (χ2n) is 4.36. The summed E-state index contributed by atoms with van der Waals surface area (Å²) in [6, 6.07) is 7.80. The maximum Gasteiger partial charge on any atom is 0.117 e. The van der Waals surface area contributed by atoms with Crippen LogP contribution in [0.15, 0.2) is 33.1 Å². The third kappa shape index (κ3) is 2.66. The van der Waals surface area contributed by atoms with Gasteiger partial charge in [-0.1, -0.05) is 13.3 Å². The fraction of sp³-hybridized carbons (Fsp3) is 0.429. The lowest BCUT2D eigenvalue weighted by atomic mass is 9.98. The van der Waals surface area contributed by atoms with Crippen LogP contribution in [0.1, 0.15) is 48.7 Å². The summed E-state index contributed by atoms with van der Waals surface area (Å²) in [4.78, 5) is 0. The molecular weight excluding hydrogens is 228 g/mol. The van der Waals surface area contributed by atoms with Crippen molar-refractivity contribution >= 4 is 0 Å². The molecule has 2 aromatic heterocycles. The van der Waals surface area contributed by atoms with E-state index in [2.05, 4.69) is 6.92 Å². The van der Waals surface area contributed by atoms with Crippen molar-refractivity contribution in [2.24, 2.45) is 11.5 Å². The van der Waals surface area contributed by atoms with Gasteiger partial charge in [0, 0.05) is 0 Å². The zero-order valence-corrected chi connectivity index (χ0v) is 10.7. The van der Waals surface area contributed by atoms with Crippen LogP contribution in [0.5, 0.6) is 0 Å². The molecule has 0 aliphatic rings. The summed E-state index contributed by atoms with van der Waals surface area (Å²) in [6.07, 6.45) is 2.04. The molecule has 0 spiro atoms. The first-order valence-electron chi connectivity index (χ1n) is 6.35. The third-order valence-electron chi connectivity index (χ3n) is 3.03.